The molecule has 1 rings (SSSR count). The van der Waals surface area contributed by atoms with Crippen LogP contribution in [0.1, 0.15) is 143 Å². The third-order valence-electron chi connectivity index (χ3n) is 6.53. The van der Waals surface area contributed by atoms with Gasteiger partial charge in [-0.05, 0) is 43.4 Å². The Labute approximate surface area is 165 Å². The van der Waals surface area contributed by atoms with Gasteiger partial charge in [0.2, 0.25) is 0 Å². The summed E-state index contributed by atoms with van der Waals surface area (Å²) in [6.07, 6.45) is 24.8. The molecule has 1 aliphatic rings. The molecule has 154 valence electrons. The van der Waals surface area contributed by atoms with Gasteiger partial charge in [-0.15, -0.1) is 0 Å². The number of hydrogen-bond donors (Lipinski definition) is 0. The van der Waals surface area contributed by atoms with Crippen molar-refractivity contribution >= 4 is 5.78 Å². The second kappa shape index (κ2) is 14.7. The molecule has 0 heterocycles. The highest BCUT2D eigenvalue weighted by Gasteiger charge is 2.27. The Bertz CT molecular complexity index is 334. The highest BCUT2D eigenvalue weighted by Crippen LogP contribution is 2.39. The fourth-order valence-corrected chi connectivity index (χ4v) is 4.43. The minimum Gasteiger partial charge on any atom is -0.300 e. The first kappa shape index (κ1) is 23.7. The summed E-state index contributed by atoms with van der Waals surface area (Å²) < 4.78 is 0. The fourth-order valence-electron chi connectivity index (χ4n) is 4.43. The average Bonchev–Trinajstić information content (AvgIpc) is 2.61. The molecule has 1 fully saturated rings. The van der Waals surface area contributed by atoms with Crippen molar-refractivity contribution in [2.75, 3.05) is 0 Å². The van der Waals surface area contributed by atoms with Crippen LogP contribution in [0.15, 0.2) is 0 Å². The lowest BCUT2D eigenvalue weighted by atomic mass is 9.72. The normalized spacial score (nSPS) is 17.5. The lowest BCUT2D eigenvalue weighted by molar-refractivity contribution is -0.120. The number of Topliss-reactive ketones (excluding diaryl/α,β-unsaturated/α-hetero) is 1. The molecule has 1 heteroatoms. The second-order valence-electron chi connectivity index (χ2n) is 9.84. The number of carbonyl (C=O) groups excluding carboxylic acids is 1. The van der Waals surface area contributed by atoms with Crippen LogP contribution >= 0.6 is 0 Å². The molecule has 1 saturated carbocycles. The average molecular weight is 365 g/mol. The van der Waals surface area contributed by atoms with E-state index >= 15 is 0 Å². The molecule has 0 bridgehead atoms. The third kappa shape index (κ3) is 12.9. The maximum atomic E-state index is 12.2. The minimum absolute atomic E-state index is 0.522. The van der Waals surface area contributed by atoms with Crippen LogP contribution in [-0.2, 0) is 4.79 Å². The largest absolute Gasteiger partial charge is 0.300 e. The lowest BCUT2D eigenvalue weighted by Gasteiger charge is -2.34. The van der Waals surface area contributed by atoms with E-state index in [0.29, 0.717) is 17.1 Å². The van der Waals surface area contributed by atoms with E-state index in [-0.39, 0.29) is 0 Å². The number of unbranched alkanes of at least 4 members (excludes halogenated alkanes) is 12. The lowest BCUT2D eigenvalue weighted by Crippen LogP contribution is -2.22. The first-order valence-electron chi connectivity index (χ1n) is 12.1. The Morgan fingerprint density at radius 1 is 0.731 bits per heavy atom. The van der Waals surface area contributed by atoms with Crippen LogP contribution in [-0.4, -0.2) is 5.78 Å². The highest BCUT2D eigenvalue weighted by atomic mass is 16.1. The Kier molecular flexibility index (Phi) is 13.4. The van der Waals surface area contributed by atoms with Crippen molar-refractivity contribution in [2.24, 2.45) is 11.3 Å². The molecule has 0 saturated heterocycles. The summed E-state index contributed by atoms with van der Waals surface area (Å²) in [5.41, 5.74) is 0.522. The Hall–Kier alpha value is -0.330. The summed E-state index contributed by atoms with van der Waals surface area (Å²) in [6, 6.07) is 0. The Morgan fingerprint density at radius 2 is 1.15 bits per heavy atom. The molecule has 0 spiro atoms. The zero-order chi connectivity index (χ0) is 19.1. The predicted octanol–water partition coefficient (Wildman–Crippen LogP) is 8.64. The molecular weight excluding hydrogens is 316 g/mol. The number of ketones is 1. The van der Waals surface area contributed by atoms with Crippen molar-refractivity contribution in [3.63, 3.8) is 0 Å². The van der Waals surface area contributed by atoms with Crippen LogP contribution in [0.25, 0.3) is 0 Å². The molecule has 26 heavy (non-hydrogen) atoms. The van der Waals surface area contributed by atoms with Crippen LogP contribution in [0.2, 0.25) is 0 Å². The molecule has 1 aliphatic carbocycles. The van der Waals surface area contributed by atoms with Gasteiger partial charge >= 0.3 is 0 Å². The summed E-state index contributed by atoms with van der Waals surface area (Å²) in [4.78, 5) is 12.2. The van der Waals surface area contributed by atoms with Crippen LogP contribution in [0.5, 0.6) is 0 Å². The van der Waals surface area contributed by atoms with Crippen LogP contribution in [0.4, 0.5) is 0 Å². The van der Waals surface area contributed by atoms with Crippen molar-refractivity contribution < 1.29 is 4.79 Å². The zero-order valence-electron chi connectivity index (χ0n) is 18.4. The van der Waals surface area contributed by atoms with Gasteiger partial charge in [0.05, 0.1) is 0 Å². The van der Waals surface area contributed by atoms with Gasteiger partial charge in [-0.1, -0.05) is 97.8 Å². The predicted molar refractivity (Wildman–Crippen MR) is 116 cm³/mol. The Balaban J connectivity index is 1.82. The van der Waals surface area contributed by atoms with Gasteiger partial charge in [-0.2, -0.15) is 0 Å². The van der Waals surface area contributed by atoms with Crippen LogP contribution in [0, 0.1) is 11.3 Å². The van der Waals surface area contributed by atoms with Crippen molar-refractivity contribution in [3.8, 4) is 0 Å². The highest BCUT2D eigenvalue weighted by molar-refractivity contribution is 5.78. The van der Waals surface area contributed by atoms with Crippen molar-refractivity contribution in [1.82, 2.24) is 0 Å². The molecule has 0 amide bonds. The monoisotopic (exact) mass is 364 g/mol. The third-order valence-corrected chi connectivity index (χ3v) is 6.53. The first-order valence-corrected chi connectivity index (χ1v) is 12.1. The number of carbonyl (C=O) groups is 1. The molecule has 0 aromatic carbocycles. The van der Waals surface area contributed by atoms with Crippen molar-refractivity contribution in [2.45, 2.75) is 143 Å². The second-order valence-corrected chi connectivity index (χ2v) is 9.84. The molecule has 0 aromatic heterocycles. The van der Waals surface area contributed by atoms with E-state index in [4.69, 9.17) is 0 Å². The van der Waals surface area contributed by atoms with Gasteiger partial charge in [0.15, 0.2) is 0 Å². The number of hydrogen-bond acceptors (Lipinski definition) is 1. The quantitative estimate of drug-likeness (QED) is 0.250. The molecule has 0 radical (unpaired) electrons. The van der Waals surface area contributed by atoms with E-state index in [9.17, 15) is 4.79 Å². The van der Waals surface area contributed by atoms with Gasteiger partial charge in [0.1, 0.15) is 5.78 Å². The Morgan fingerprint density at radius 3 is 1.62 bits per heavy atom. The van der Waals surface area contributed by atoms with E-state index in [0.717, 1.165) is 19.3 Å². The summed E-state index contributed by atoms with van der Waals surface area (Å²) in [5.74, 6) is 1.23. The van der Waals surface area contributed by atoms with Gasteiger partial charge in [-0.3, -0.25) is 4.79 Å². The van der Waals surface area contributed by atoms with E-state index in [1.807, 2.05) is 0 Å². The first-order chi connectivity index (χ1) is 12.5. The minimum atomic E-state index is 0.522. The van der Waals surface area contributed by atoms with Crippen molar-refractivity contribution in [1.29, 1.82) is 0 Å². The van der Waals surface area contributed by atoms with Crippen LogP contribution < -0.4 is 0 Å². The van der Waals surface area contributed by atoms with Crippen molar-refractivity contribution in [3.05, 3.63) is 0 Å². The number of rotatable bonds is 16. The maximum Gasteiger partial charge on any atom is 0.133 e. The standard InChI is InChI=1S/C25H48O/c1-4-5-6-7-8-9-10-11-12-13-14-15-16-17-24(26)22-23-18-20-25(2,3)21-19-23/h23H,4-22H2,1-3H3. The summed E-state index contributed by atoms with van der Waals surface area (Å²) in [5, 5.41) is 0. The molecule has 0 unspecified atom stereocenters. The summed E-state index contributed by atoms with van der Waals surface area (Å²) in [7, 11) is 0. The SMILES string of the molecule is CCCCCCCCCCCCCCCC(=O)CC1CCC(C)(C)CC1. The van der Waals surface area contributed by atoms with E-state index < -0.39 is 0 Å². The van der Waals surface area contributed by atoms with Gasteiger partial charge < -0.3 is 0 Å². The van der Waals surface area contributed by atoms with Crippen LogP contribution in [0.3, 0.4) is 0 Å². The molecule has 0 N–H and O–H groups in total. The molecule has 0 aliphatic heterocycles. The molecular formula is C25H48O. The fraction of sp³-hybridized carbons (Fsp3) is 0.960. The summed E-state index contributed by atoms with van der Waals surface area (Å²) >= 11 is 0. The molecule has 1 nitrogen and oxygen atoms in total. The van der Waals surface area contributed by atoms with E-state index in [1.165, 1.54) is 103 Å². The van der Waals surface area contributed by atoms with E-state index in [1.54, 1.807) is 0 Å². The summed E-state index contributed by atoms with van der Waals surface area (Å²) in [6.45, 7) is 7.03. The van der Waals surface area contributed by atoms with E-state index in [2.05, 4.69) is 20.8 Å². The molecule has 0 atom stereocenters. The maximum absolute atomic E-state index is 12.2. The zero-order valence-corrected chi connectivity index (χ0v) is 18.4. The van der Waals surface area contributed by atoms with Gasteiger partial charge in [0, 0.05) is 12.8 Å². The topological polar surface area (TPSA) is 17.1 Å². The molecule has 0 aromatic rings. The van der Waals surface area contributed by atoms with Gasteiger partial charge in [0.25, 0.3) is 0 Å². The van der Waals surface area contributed by atoms with Gasteiger partial charge in [-0.25, -0.2) is 0 Å². The smallest absolute Gasteiger partial charge is 0.133 e.